The van der Waals surface area contributed by atoms with Crippen molar-refractivity contribution >= 4 is 0 Å². The molecule has 5 unspecified atom stereocenters. The Morgan fingerprint density at radius 3 is 1.98 bits per heavy atom. The summed E-state index contributed by atoms with van der Waals surface area (Å²) >= 11 is 0. The van der Waals surface area contributed by atoms with E-state index in [1.54, 1.807) is 0 Å². The second-order valence-electron chi connectivity index (χ2n) is 24.0. The van der Waals surface area contributed by atoms with Crippen LogP contribution >= 0.6 is 0 Å². The molecule has 0 amide bonds. The zero-order valence-electron chi connectivity index (χ0n) is 39.3. The van der Waals surface area contributed by atoms with E-state index in [0.29, 0.717) is 19.4 Å². The van der Waals surface area contributed by atoms with Crippen LogP contribution in [-0.2, 0) is 33.2 Å². The maximum atomic E-state index is 12.2. The number of hydrogen-bond donors (Lipinski definition) is 10. The second kappa shape index (κ2) is 16.6. The average molecular weight is 927 g/mol. The summed E-state index contributed by atoms with van der Waals surface area (Å²) in [4.78, 5) is 0. The Kier molecular flexibility index (Phi) is 12.5. The van der Waals surface area contributed by atoms with Crippen molar-refractivity contribution in [3.63, 3.8) is 0 Å². The smallest absolute Gasteiger partial charge is 0.187 e. The third kappa shape index (κ3) is 7.09. The molecule has 9 aliphatic rings. The van der Waals surface area contributed by atoms with Crippen molar-refractivity contribution in [2.45, 2.75) is 217 Å². The lowest BCUT2D eigenvalue weighted by Crippen LogP contribution is -2.72. The Hall–Kier alpha value is -0.940. The van der Waals surface area contributed by atoms with Gasteiger partial charge in [-0.25, -0.2) is 0 Å². The average Bonchev–Trinajstić information content (AvgIpc) is 3.52. The predicted molar refractivity (Wildman–Crippen MR) is 228 cm³/mol. The molecular weight excluding hydrogens is 849 g/mol. The van der Waals surface area contributed by atoms with Crippen molar-refractivity contribution in [2.75, 3.05) is 19.8 Å². The first-order valence-corrected chi connectivity index (χ1v) is 24.3. The number of hydrogen-bond acceptors (Lipinski definition) is 17. The molecule has 4 aliphatic heterocycles. The van der Waals surface area contributed by atoms with Gasteiger partial charge >= 0.3 is 0 Å². The fraction of sp³-hybridized carbons (Fsp3) is 0.958. The molecule has 4 saturated heterocycles. The molecule has 0 aromatic rings. The number of aliphatic hydroxyl groups is 10. The van der Waals surface area contributed by atoms with E-state index in [4.69, 9.17) is 33.2 Å². The number of ether oxygens (including phenoxy) is 7. The molecule has 8 fully saturated rings. The molecule has 2 bridgehead atoms. The Labute approximate surface area is 382 Å². The van der Waals surface area contributed by atoms with Crippen LogP contribution in [0, 0.1) is 50.2 Å². The van der Waals surface area contributed by atoms with Crippen LogP contribution in [0.2, 0.25) is 0 Å². The van der Waals surface area contributed by atoms with E-state index in [1.807, 2.05) is 0 Å². The van der Waals surface area contributed by atoms with E-state index < -0.39 is 129 Å². The van der Waals surface area contributed by atoms with Gasteiger partial charge in [-0.1, -0.05) is 60.6 Å². The van der Waals surface area contributed by atoms with Crippen LogP contribution < -0.4 is 0 Å². The van der Waals surface area contributed by atoms with Crippen molar-refractivity contribution < 1.29 is 84.2 Å². The zero-order chi connectivity index (χ0) is 47.2. The monoisotopic (exact) mass is 927 g/mol. The number of fused-ring (bicyclic) bond motifs is 4. The minimum absolute atomic E-state index is 0.163. The highest BCUT2D eigenvalue weighted by Gasteiger charge is 2.79. The number of rotatable bonds is 8. The highest BCUT2D eigenvalue weighted by atomic mass is 16.8. The Bertz CT molecular complexity index is 1780. The van der Waals surface area contributed by atoms with Gasteiger partial charge in [0.15, 0.2) is 18.9 Å². The van der Waals surface area contributed by atoms with Gasteiger partial charge in [0.25, 0.3) is 0 Å². The van der Waals surface area contributed by atoms with Crippen LogP contribution in [0.25, 0.3) is 0 Å². The summed E-state index contributed by atoms with van der Waals surface area (Å²) in [5.41, 5.74) is -1.61. The van der Waals surface area contributed by atoms with E-state index >= 15 is 0 Å². The normalized spacial score (nSPS) is 58.0. The minimum atomic E-state index is -1.75. The Balaban J connectivity index is 0.958. The fourth-order valence-corrected chi connectivity index (χ4v) is 15.7. The maximum absolute atomic E-state index is 12.2. The summed E-state index contributed by atoms with van der Waals surface area (Å²) < 4.78 is 43.5. The predicted octanol–water partition coefficient (Wildman–Crippen LogP) is 0.629. The van der Waals surface area contributed by atoms with Crippen LogP contribution in [0.5, 0.6) is 0 Å². The molecule has 0 radical (unpaired) electrons. The van der Waals surface area contributed by atoms with Crippen molar-refractivity contribution in [3.8, 4) is 0 Å². The lowest BCUT2D eigenvalue weighted by Gasteiger charge is -2.73. The van der Waals surface area contributed by atoms with Gasteiger partial charge in [0.05, 0.1) is 43.7 Å². The summed E-state index contributed by atoms with van der Waals surface area (Å²) in [7, 11) is 0. The van der Waals surface area contributed by atoms with Gasteiger partial charge in [-0.3, -0.25) is 0 Å². The standard InChI is InChI=1S/C48H78O17/c1-22-30(51)32(53)36(57)40(61-22)65-38-24(20-59-39-35(56)33(54)31(52)23(19-49)62-39)63-41(37(58)34(38)55)64-29-11-12-44(6)25(43(29,4)5)9-13-45(7)26(44)10-14-48-27-17-42(2,3)15-16-47(27,21-60-48)28(50)18-46(45,48)8/h10,14,22-41,49-58H,9,11-13,15-21H2,1-8H3/t22-,23+,24+,25?,26?,27+,28-,29-,30-,31+,32+,33-,34+,35+,36+,37+,38+,39+,40-,41-,44-,45+,46?,47?,48?/m0/s1. The molecule has 10 N–H and O–H groups in total. The zero-order valence-corrected chi connectivity index (χ0v) is 39.3. The fourth-order valence-electron chi connectivity index (χ4n) is 15.7. The molecule has 9 rings (SSSR count). The summed E-state index contributed by atoms with van der Waals surface area (Å²) in [6, 6.07) is 0. The van der Waals surface area contributed by atoms with Crippen molar-refractivity contribution in [2.24, 2.45) is 50.2 Å². The molecule has 1 spiro atoms. The lowest BCUT2D eigenvalue weighted by molar-refractivity contribution is -0.374. The first kappa shape index (κ1) is 49.1. The molecular formula is C48H78O17. The lowest BCUT2D eigenvalue weighted by atomic mass is 9.32. The molecule has 25 atom stereocenters. The van der Waals surface area contributed by atoms with E-state index in [0.717, 1.165) is 38.5 Å². The Morgan fingerprint density at radius 2 is 1.28 bits per heavy atom. The van der Waals surface area contributed by atoms with Gasteiger partial charge in [0, 0.05) is 16.7 Å². The summed E-state index contributed by atoms with van der Waals surface area (Å²) in [5, 5.41) is 109. The van der Waals surface area contributed by atoms with Crippen molar-refractivity contribution in [1.82, 2.24) is 0 Å². The van der Waals surface area contributed by atoms with E-state index in [-0.39, 0.29) is 44.8 Å². The van der Waals surface area contributed by atoms with Gasteiger partial charge in [-0.05, 0) is 91.8 Å². The first-order chi connectivity index (χ1) is 30.3. The van der Waals surface area contributed by atoms with Crippen LogP contribution in [0.4, 0.5) is 0 Å². The van der Waals surface area contributed by atoms with Gasteiger partial charge in [0.2, 0.25) is 0 Å². The molecule has 65 heavy (non-hydrogen) atoms. The van der Waals surface area contributed by atoms with Gasteiger partial charge in [-0.2, -0.15) is 0 Å². The quantitative estimate of drug-likeness (QED) is 0.118. The highest BCUT2D eigenvalue weighted by molar-refractivity contribution is 5.36. The molecule has 4 heterocycles. The Morgan fingerprint density at radius 1 is 0.631 bits per heavy atom. The molecule has 5 aliphatic carbocycles. The molecule has 0 aromatic heterocycles. The molecule has 372 valence electrons. The second-order valence-corrected chi connectivity index (χ2v) is 24.0. The summed E-state index contributed by atoms with van der Waals surface area (Å²) in [5.74, 6) is 0.593. The van der Waals surface area contributed by atoms with Crippen LogP contribution in [0.3, 0.4) is 0 Å². The van der Waals surface area contributed by atoms with E-state index in [9.17, 15) is 51.1 Å². The molecule has 0 aromatic carbocycles. The van der Waals surface area contributed by atoms with Crippen LogP contribution in [0.1, 0.15) is 107 Å². The largest absolute Gasteiger partial charge is 0.394 e. The van der Waals surface area contributed by atoms with Gasteiger partial charge in [-0.15, -0.1) is 0 Å². The van der Waals surface area contributed by atoms with E-state index in [2.05, 4.69) is 60.6 Å². The minimum Gasteiger partial charge on any atom is -0.394 e. The number of aliphatic hydroxyl groups excluding tert-OH is 10. The summed E-state index contributed by atoms with van der Waals surface area (Å²) in [6.45, 7) is 17.2. The van der Waals surface area contributed by atoms with Crippen molar-refractivity contribution in [3.05, 3.63) is 12.2 Å². The molecule has 17 heteroatoms. The third-order valence-corrected chi connectivity index (χ3v) is 19.9. The molecule has 4 saturated carbocycles. The SMILES string of the molecule is C[C@@H]1O[C@@H](O[C@H]2[C@H](O)[C@@H](O)[C@H](O[C@H]3CC[C@@]4(C)C(CC[C@]5(C)C4C=CC46OCC7(CCC(C)(C)C[C@H]74)[C@@H](O)CC65C)C3(C)C)O[C@@H]2CO[C@@H]2O[C@H](CO)[C@@H](O)[C@H](O)[C@H]2O)[C@H](O)[C@H](O)[C@H]1O. The van der Waals surface area contributed by atoms with Gasteiger partial charge in [0.1, 0.15) is 67.1 Å². The third-order valence-electron chi connectivity index (χ3n) is 19.9. The first-order valence-electron chi connectivity index (χ1n) is 24.3. The summed E-state index contributed by atoms with van der Waals surface area (Å²) in [6.07, 6.45) is -12.0. The van der Waals surface area contributed by atoms with E-state index in [1.165, 1.54) is 6.92 Å². The molecule has 17 nitrogen and oxygen atoms in total. The van der Waals surface area contributed by atoms with Crippen LogP contribution in [0.15, 0.2) is 12.2 Å². The number of allylic oxidation sites excluding steroid dienone is 1. The van der Waals surface area contributed by atoms with Crippen LogP contribution in [-0.4, -0.2) is 181 Å². The van der Waals surface area contributed by atoms with Gasteiger partial charge < -0.3 is 84.2 Å². The topological polar surface area (TPSA) is 267 Å². The maximum Gasteiger partial charge on any atom is 0.187 e. The van der Waals surface area contributed by atoms with Crippen molar-refractivity contribution in [1.29, 1.82) is 0 Å². The highest BCUT2D eigenvalue weighted by Crippen LogP contribution is 2.79.